The minimum Gasteiger partial charge on any atom is -0.344 e. The van der Waals surface area contributed by atoms with Crippen LogP contribution in [0.4, 0.5) is 4.39 Å². The molecule has 8 nitrogen and oxygen atoms in total. The molecule has 1 atom stereocenters. The Hall–Kier alpha value is -3.25. The SMILES string of the molecule is CC(C)c1noc(C(=O)N[C@@H](C)Cn2ccc(-c3ccc(C#N)c(Cl)c3F)n2)n1. The Balaban J connectivity index is 1.67. The van der Waals surface area contributed by atoms with Gasteiger partial charge in [-0.1, -0.05) is 30.6 Å². The van der Waals surface area contributed by atoms with Gasteiger partial charge < -0.3 is 9.84 Å². The number of carbonyl (C=O) groups is 1. The summed E-state index contributed by atoms with van der Waals surface area (Å²) < 4.78 is 21.0. The monoisotopic (exact) mass is 416 g/mol. The molecule has 0 aliphatic rings. The number of benzene rings is 1. The van der Waals surface area contributed by atoms with E-state index >= 15 is 0 Å². The molecule has 0 aliphatic carbocycles. The van der Waals surface area contributed by atoms with Crippen molar-refractivity contribution in [1.82, 2.24) is 25.2 Å². The summed E-state index contributed by atoms with van der Waals surface area (Å²) in [4.78, 5) is 16.3. The van der Waals surface area contributed by atoms with Crippen LogP contribution in [0.25, 0.3) is 11.3 Å². The maximum atomic E-state index is 14.4. The van der Waals surface area contributed by atoms with E-state index in [0.717, 1.165) is 0 Å². The van der Waals surface area contributed by atoms with Crippen LogP contribution in [-0.2, 0) is 6.54 Å². The lowest BCUT2D eigenvalue weighted by Gasteiger charge is -2.12. The fraction of sp³-hybridized carbons (Fsp3) is 0.316. The van der Waals surface area contributed by atoms with E-state index in [1.165, 1.54) is 12.1 Å². The highest BCUT2D eigenvalue weighted by molar-refractivity contribution is 6.32. The van der Waals surface area contributed by atoms with E-state index in [9.17, 15) is 9.18 Å². The molecule has 0 unspecified atom stereocenters. The molecule has 0 aliphatic heterocycles. The van der Waals surface area contributed by atoms with Crippen molar-refractivity contribution in [2.24, 2.45) is 0 Å². The molecule has 0 spiro atoms. The van der Waals surface area contributed by atoms with Gasteiger partial charge in [0.15, 0.2) is 11.6 Å². The predicted molar refractivity (Wildman–Crippen MR) is 103 cm³/mol. The van der Waals surface area contributed by atoms with Crippen molar-refractivity contribution < 1.29 is 13.7 Å². The van der Waals surface area contributed by atoms with Gasteiger partial charge in [0.25, 0.3) is 0 Å². The highest BCUT2D eigenvalue weighted by Crippen LogP contribution is 2.29. The molecule has 2 aromatic heterocycles. The lowest BCUT2D eigenvalue weighted by atomic mass is 10.1. The first-order valence-corrected chi connectivity index (χ1v) is 9.24. The van der Waals surface area contributed by atoms with E-state index in [1.807, 2.05) is 19.9 Å². The van der Waals surface area contributed by atoms with Crippen LogP contribution in [0.15, 0.2) is 28.9 Å². The molecule has 0 radical (unpaired) electrons. The summed E-state index contributed by atoms with van der Waals surface area (Å²) in [5, 5.41) is 19.5. The molecule has 10 heteroatoms. The number of nitrogens with one attached hydrogen (secondary N) is 1. The van der Waals surface area contributed by atoms with Gasteiger partial charge in [-0.25, -0.2) is 4.39 Å². The van der Waals surface area contributed by atoms with Crippen LogP contribution in [0.1, 0.15) is 48.8 Å². The van der Waals surface area contributed by atoms with Crippen LogP contribution < -0.4 is 5.32 Å². The first-order chi connectivity index (χ1) is 13.8. The standard InChI is InChI=1S/C19H18ClFN6O2/c1-10(2)17-24-19(29-26-17)18(28)23-11(3)9-27-7-6-14(25-27)13-5-4-12(8-22)15(20)16(13)21/h4-7,10-11H,9H2,1-3H3,(H,23,28)/t11-/m0/s1. The second-order valence-corrected chi connectivity index (χ2v) is 7.19. The number of carbonyl (C=O) groups excluding carboxylic acids is 1. The van der Waals surface area contributed by atoms with Crippen molar-refractivity contribution in [2.45, 2.75) is 39.3 Å². The van der Waals surface area contributed by atoms with Crippen molar-refractivity contribution in [1.29, 1.82) is 5.26 Å². The second-order valence-electron chi connectivity index (χ2n) is 6.81. The third-order valence-electron chi connectivity index (χ3n) is 4.11. The fourth-order valence-corrected chi connectivity index (χ4v) is 2.82. The summed E-state index contributed by atoms with van der Waals surface area (Å²) in [5.74, 6) is -0.765. The lowest BCUT2D eigenvalue weighted by Crippen LogP contribution is -2.36. The Kier molecular flexibility index (Phi) is 5.94. The van der Waals surface area contributed by atoms with Crippen molar-refractivity contribution in [2.75, 3.05) is 0 Å². The minimum atomic E-state index is -0.699. The Labute approximate surface area is 171 Å². The van der Waals surface area contributed by atoms with Gasteiger partial charge in [0, 0.05) is 23.7 Å². The fourth-order valence-electron chi connectivity index (χ4n) is 2.61. The maximum absolute atomic E-state index is 14.4. The number of rotatable bonds is 6. The van der Waals surface area contributed by atoms with E-state index in [4.69, 9.17) is 21.4 Å². The molecule has 1 aromatic carbocycles. The van der Waals surface area contributed by atoms with Crippen molar-refractivity contribution in [3.8, 4) is 17.3 Å². The lowest BCUT2D eigenvalue weighted by molar-refractivity contribution is 0.0891. The second kappa shape index (κ2) is 8.41. The number of aromatic nitrogens is 4. The summed E-state index contributed by atoms with van der Waals surface area (Å²) in [6, 6.07) is 6.05. The summed E-state index contributed by atoms with van der Waals surface area (Å²) in [5.41, 5.74) is 0.618. The molecule has 0 fully saturated rings. The molecule has 3 rings (SSSR count). The van der Waals surface area contributed by atoms with Gasteiger partial charge in [-0.05, 0) is 25.1 Å². The Morgan fingerprint density at radius 3 is 2.79 bits per heavy atom. The third kappa shape index (κ3) is 4.43. The highest BCUT2D eigenvalue weighted by atomic mass is 35.5. The molecule has 1 amide bonds. The predicted octanol–water partition coefficient (Wildman–Crippen LogP) is 3.54. The van der Waals surface area contributed by atoms with Gasteiger partial charge in [-0.15, -0.1) is 0 Å². The Bertz CT molecular complexity index is 1080. The number of hydrogen-bond acceptors (Lipinski definition) is 6. The van der Waals surface area contributed by atoms with E-state index in [-0.39, 0.29) is 34.0 Å². The summed E-state index contributed by atoms with van der Waals surface area (Å²) in [6.45, 7) is 5.92. The average molecular weight is 417 g/mol. The van der Waals surface area contributed by atoms with Crippen molar-refractivity contribution >= 4 is 17.5 Å². The molecule has 1 N–H and O–H groups in total. The average Bonchev–Trinajstić information content (AvgIpc) is 3.33. The maximum Gasteiger partial charge on any atom is 0.315 e. The summed E-state index contributed by atoms with van der Waals surface area (Å²) in [6.07, 6.45) is 1.66. The van der Waals surface area contributed by atoms with E-state index in [1.54, 1.807) is 23.9 Å². The minimum absolute atomic E-state index is 0.0522. The molecule has 0 bridgehead atoms. The summed E-state index contributed by atoms with van der Waals surface area (Å²) in [7, 11) is 0. The van der Waals surface area contributed by atoms with Crippen molar-refractivity contribution in [3.05, 3.63) is 52.5 Å². The highest BCUT2D eigenvalue weighted by Gasteiger charge is 2.19. The van der Waals surface area contributed by atoms with Crippen LogP contribution in [-0.4, -0.2) is 31.9 Å². The molecule has 29 heavy (non-hydrogen) atoms. The number of amides is 1. The zero-order valence-electron chi connectivity index (χ0n) is 16.0. The van der Waals surface area contributed by atoms with Gasteiger partial charge in [0.05, 0.1) is 22.8 Å². The number of hydrogen-bond donors (Lipinski definition) is 1. The van der Waals surface area contributed by atoms with E-state index < -0.39 is 11.7 Å². The smallest absolute Gasteiger partial charge is 0.315 e. The first-order valence-electron chi connectivity index (χ1n) is 8.86. The molecular formula is C19H18ClFN6O2. The molecule has 0 saturated heterocycles. The van der Waals surface area contributed by atoms with Gasteiger partial charge in [-0.3, -0.25) is 9.48 Å². The van der Waals surface area contributed by atoms with Gasteiger partial charge in [0.2, 0.25) is 0 Å². The van der Waals surface area contributed by atoms with Crippen LogP contribution in [0.2, 0.25) is 5.02 Å². The Morgan fingerprint density at radius 1 is 1.38 bits per heavy atom. The molecular weight excluding hydrogens is 399 g/mol. The zero-order valence-corrected chi connectivity index (χ0v) is 16.7. The van der Waals surface area contributed by atoms with E-state index in [2.05, 4.69) is 20.6 Å². The number of nitrogens with zero attached hydrogens (tertiary/aromatic N) is 5. The third-order valence-corrected chi connectivity index (χ3v) is 4.48. The van der Waals surface area contributed by atoms with Crippen LogP contribution in [0, 0.1) is 17.1 Å². The van der Waals surface area contributed by atoms with Crippen LogP contribution in [0.5, 0.6) is 0 Å². The molecule has 3 aromatic rings. The van der Waals surface area contributed by atoms with E-state index in [0.29, 0.717) is 18.1 Å². The Morgan fingerprint density at radius 2 is 2.14 bits per heavy atom. The normalized spacial score (nSPS) is 12.0. The largest absolute Gasteiger partial charge is 0.344 e. The zero-order chi connectivity index (χ0) is 21.1. The van der Waals surface area contributed by atoms with Crippen LogP contribution in [0.3, 0.4) is 0 Å². The van der Waals surface area contributed by atoms with Crippen molar-refractivity contribution in [3.63, 3.8) is 0 Å². The number of halogens is 2. The molecule has 0 saturated carbocycles. The molecule has 150 valence electrons. The van der Waals surface area contributed by atoms with Gasteiger partial charge in [0.1, 0.15) is 6.07 Å². The molecule has 2 heterocycles. The van der Waals surface area contributed by atoms with Gasteiger partial charge in [-0.2, -0.15) is 15.3 Å². The van der Waals surface area contributed by atoms with Gasteiger partial charge >= 0.3 is 11.8 Å². The quantitative estimate of drug-likeness (QED) is 0.658. The van der Waals surface area contributed by atoms with Crippen LogP contribution >= 0.6 is 11.6 Å². The number of nitriles is 1. The topological polar surface area (TPSA) is 110 Å². The first kappa shape index (κ1) is 20.5. The summed E-state index contributed by atoms with van der Waals surface area (Å²) >= 11 is 5.88.